The topological polar surface area (TPSA) is 87.7 Å². The van der Waals surface area contributed by atoms with Crippen molar-refractivity contribution in [3.8, 4) is 0 Å². The number of urea groups is 1. The number of carbonyl (C=O) groups is 1. The number of ether oxygens (including phenoxy) is 1. The summed E-state index contributed by atoms with van der Waals surface area (Å²) in [7, 11) is -3.43. The Morgan fingerprint density at radius 2 is 2.12 bits per heavy atom. The number of benzene rings is 1. The zero-order valence-corrected chi connectivity index (χ0v) is 14.3. The number of para-hydroxylation sites is 1. The molecule has 132 valence electrons. The lowest BCUT2D eigenvalue weighted by Gasteiger charge is -2.19. The maximum atomic E-state index is 12.5. The molecule has 7 nitrogen and oxygen atoms in total. The van der Waals surface area contributed by atoms with Crippen molar-refractivity contribution in [2.75, 3.05) is 36.3 Å². The van der Waals surface area contributed by atoms with Gasteiger partial charge in [-0.15, -0.1) is 0 Å². The van der Waals surface area contributed by atoms with Crippen molar-refractivity contribution >= 4 is 21.7 Å². The van der Waals surface area contributed by atoms with E-state index >= 15 is 0 Å². The van der Waals surface area contributed by atoms with E-state index in [1.807, 2.05) is 24.3 Å². The third-order valence-corrected chi connectivity index (χ3v) is 6.11. The van der Waals surface area contributed by atoms with Gasteiger partial charge in [0.15, 0.2) is 0 Å². The normalized spacial score (nSPS) is 20.0. The summed E-state index contributed by atoms with van der Waals surface area (Å²) in [4.78, 5) is 11.7. The molecule has 1 atom stereocenters. The molecule has 0 spiro atoms. The molecule has 2 N–H and O–H groups in total. The lowest BCUT2D eigenvalue weighted by atomic mass is 10.2. The van der Waals surface area contributed by atoms with Crippen molar-refractivity contribution in [2.24, 2.45) is 0 Å². The first kappa shape index (κ1) is 17.0. The lowest BCUT2D eigenvalue weighted by molar-refractivity contribution is 0.111. The van der Waals surface area contributed by atoms with Crippen molar-refractivity contribution in [1.82, 2.24) is 10.6 Å². The number of amides is 2. The first-order valence-electron chi connectivity index (χ1n) is 8.28. The Labute approximate surface area is 142 Å². The maximum Gasteiger partial charge on any atom is 0.314 e. The van der Waals surface area contributed by atoms with Gasteiger partial charge in [0, 0.05) is 26.2 Å². The summed E-state index contributed by atoms with van der Waals surface area (Å²) in [5.41, 5.74) is 1.80. The van der Waals surface area contributed by atoms with Gasteiger partial charge in [-0.2, -0.15) is 0 Å². The number of nitrogens with one attached hydrogen (secondary N) is 2. The molecule has 1 aromatic rings. The van der Waals surface area contributed by atoms with Crippen molar-refractivity contribution in [3.05, 3.63) is 29.8 Å². The van der Waals surface area contributed by atoms with Gasteiger partial charge in [-0.05, 0) is 30.9 Å². The SMILES string of the molecule is O=C(NCCS(=O)(=O)N1CCc2ccccc21)NC[C@H]1CCCO1. The maximum absolute atomic E-state index is 12.5. The Morgan fingerprint density at radius 3 is 2.92 bits per heavy atom. The molecule has 3 rings (SSSR count). The van der Waals surface area contributed by atoms with Gasteiger partial charge in [0.05, 0.1) is 17.5 Å². The van der Waals surface area contributed by atoms with Gasteiger partial charge in [0.2, 0.25) is 10.0 Å². The fourth-order valence-electron chi connectivity index (χ4n) is 3.08. The third-order valence-electron chi connectivity index (χ3n) is 4.34. The van der Waals surface area contributed by atoms with Gasteiger partial charge in [0.1, 0.15) is 0 Å². The highest BCUT2D eigenvalue weighted by Gasteiger charge is 2.28. The summed E-state index contributed by atoms with van der Waals surface area (Å²) < 4.78 is 31.8. The minimum absolute atomic E-state index is 0.0700. The van der Waals surface area contributed by atoms with Crippen LogP contribution in [0.25, 0.3) is 0 Å². The Kier molecular flexibility index (Phi) is 5.25. The van der Waals surface area contributed by atoms with E-state index < -0.39 is 10.0 Å². The van der Waals surface area contributed by atoms with Crippen LogP contribution in [0.15, 0.2) is 24.3 Å². The molecule has 2 aliphatic heterocycles. The van der Waals surface area contributed by atoms with E-state index in [0.29, 0.717) is 13.1 Å². The van der Waals surface area contributed by atoms with Crippen molar-refractivity contribution in [2.45, 2.75) is 25.4 Å². The van der Waals surface area contributed by atoms with Gasteiger partial charge in [-0.3, -0.25) is 4.31 Å². The minimum atomic E-state index is -3.43. The van der Waals surface area contributed by atoms with Gasteiger partial charge >= 0.3 is 6.03 Å². The fraction of sp³-hybridized carbons (Fsp3) is 0.562. The molecule has 1 saturated heterocycles. The molecule has 0 radical (unpaired) electrons. The number of rotatable bonds is 6. The molecule has 0 bridgehead atoms. The Bertz CT molecular complexity index is 686. The van der Waals surface area contributed by atoms with Crippen LogP contribution in [0.4, 0.5) is 10.5 Å². The number of anilines is 1. The van der Waals surface area contributed by atoms with Crippen LogP contribution in [0.1, 0.15) is 18.4 Å². The average molecular weight is 353 g/mol. The summed E-state index contributed by atoms with van der Waals surface area (Å²) in [6.07, 6.45) is 2.76. The number of sulfonamides is 1. The van der Waals surface area contributed by atoms with Crippen LogP contribution in [-0.2, 0) is 21.2 Å². The predicted molar refractivity (Wildman–Crippen MR) is 91.7 cm³/mol. The Morgan fingerprint density at radius 1 is 1.29 bits per heavy atom. The van der Waals surface area contributed by atoms with E-state index in [-0.39, 0.29) is 24.4 Å². The van der Waals surface area contributed by atoms with Crippen molar-refractivity contribution < 1.29 is 17.9 Å². The number of hydrogen-bond acceptors (Lipinski definition) is 4. The Balaban J connectivity index is 1.45. The van der Waals surface area contributed by atoms with E-state index in [9.17, 15) is 13.2 Å². The van der Waals surface area contributed by atoms with Crippen molar-refractivity contribution in [3.63, 3.8) is 0 Å². The van der Waals surface area contributed by atoms with Gasteiger partial charge < -0.3 is 15.4 Å². The van der Waals surface area contributed by atoms with Crippen LogP contribution in [-0.4, -0.2) is 52.5 Å². The molecule has 0 aliphatic carbocycles. The number of hydrogen-bond donors (Lipinski definition) is 2. The van der Waals surface area contributed by atoms with Gasteiger partial charge in [0.25, 0.3) is 0 Å². The highest BCUT2D eigenvalue weighted by Crippen LogP contribution is 2.29. The van der Waals surface area contributed by atoms with Crippen LogP contribution in [0.3, 0.4) is 0 Å². The predicted octanol–water partition coefficient (Wildman–Crippen LogP) is 0.857. The monoisotopic (exact) mass is 353 g/mol. The molecule has 1 fully saturated rings. The molecule has 2 heterocycles. The molecular weight excluding hydrogens is 330 g/mol. The van der Waals surface area contributed by atoms with E-state index in [2.05, 4.69) is 10.6 Å². The number of fused-ring (bicyclic) bond motifs is 1. The highest BCUT2D eigenvalue weighted by molar-refractivity contribution is 7.92. The molecule has 2 amide bonds. The molecule has 0 aromatic heterocycles. The zero-order chi connectivity index (χ0) is 17.0. The van der Waals surface area contributed by atoms with E-state index in [1.54, 1.807) is 0 Å². The first-order valence-corrected chi connectivity index (χ1v) is 9.89. The van der Waals surface area contributed by atoms with Crippen LogP contribution in [0.2, 0.25) is 0 Å². The molecule has 0 saturated carbocycles. The second-order valence-corrected chi connectivity index (χ2v) is 8.05. The summed E-state index contributed by atoms with van der Waals surface area (Å²) >= 11 is 0. The largest absolute Gasteiger partial charge is 0.376 e. The zero-order valence-electron chi connectivity index (χ0n) is 13.5. The second-order valence-electron chi connectivity index (χ2n) is 6.04. The summed E-state index contributed by atoms with van der Waals surface area (Å²) in [5, 5.41) is 5.31. The average Bonchev–Trinajstić information content (AvgIpc) is 3.22. The second kappa shape index (κ2) is 7.40. The first-order chi connectivity index (χ1) is 11.6. The fourth-order valence-corrected chi connectivity index (χ4v) is 4.50. The van der Waals surface area contributed by atoms with Crippen LogP contribution < -0.4 is 14.9 Å². The summed E-state index contributed by atoms with van der Waals surface area (Å²) in [5.74, 6) is -0.116. The third kappa shape index (κ3) is 3.99. The highest BCUT2D eigenvalue weighted by atomic mass is 32.2. The van der Waals surface area contributed by atoms with Gasteiger partial charge in [-0.1, -0.05) is 18.2 Å². The van der Waals surface area contributed by atoms with Gasteiger partial charge in [-0.25, -0.2) is 13.2 Å². The van der Waals surface area contributed by atoms with E-state index in [4.69, 9.17) is 4.74 Å². The van der Waals surface area contributed by atoms with Crippen LogP contribution >= 0.6 is 0 Å². The summed E-state index contributed by atoms with van der Waals surface area (Å²) in [6, 6.07) is 7.16. The number of carbonyl (C=O) groups excluding carboxylic acids is 1. The standard InChI is InChI=1S/C16H23N3O4S/c20-16(18-12-14-5-3-10-23-14)17-8-11-24(21,22)19-9-7-13-4-1-2-6-15(13)19/h1-2,4,6,14H,3,5,7-12H2,(H2,17,18,20)/t14-/m1/s1. The molecule has 24 heavy (non-hydrogen) atoms. The van der Waals surface area contributed by atoms with Crippen LogP contribution in [0.5, 0.6) is 0 Å². The lowest BCUT2D eigenvalue weighted by Crippen LogP contribution is -2.43. The molecule has 1 aromatic carbocycles. The molecular formula is C16H23N3O4S. The molecule has 0 unspecified atom stereocenters. The molecule has 2 aliphatic rings. The van der Waals surface area contributed by atoms with Crippen LogP contribution in [0, 0.1) is 0 Å². The quantitative estimate of drug-likeness (QED) is 0.794. The van der Waals surface area contributed by atoms with Crippen molar-refractivity contribution in [1.29, 1.82) is 0 Å². The van der Waals surface area contributed by atoms with E-state index in [0.717, 1.165) is 37.1 Å². The van der Waals surface area contributed by atoms with E-state index in [1.165, 1.54) is 4.31 Å². The summed E-state index contributed by atoms with van der Waals surface area (Å²) in [6.45, 7) is 1.74. The smallest absolute Gasteiger partial charge is 0.314 e. The number of nitrogens with zero attached hydrogens (tertiary/aromatic N) is 1. The Hall–Kier alpha value is -1.80. The molecule has 8 heteroatoms. The minimum Gasteiger partial charge on any atom is -0.376 e.